The van der Waals surface area contributed by atoms with E-state index in [1.165, 1.54) is 6.07 Å². The minimum atomic E-state index is -0.829. The van der Waals surface area contributed by atoms with Crippen LogP contribution in [0.3, 0.4) is 0 Å². The first-order valence-corrected chi connectivity index (χ1v) is 6.21. The Bertz CT molecular complexity index is 380. The fraction of sp³-hybridized carbons (Fsp3) is 0.571. The summed E-state index contributed by atoms with van der Waals surface area (Å²) in [5, 5.41) is 9.74. The number of anilines is 1. The van der Waals surface area contributed by atoms with Gasteiger partial charge in [0, 0.05) is 30.9 Å². The van der Waals surface area contributed by atoms with Gasteiger partial charge in [-0.15, -0.1) is 0 Å². The van der Waals surface area contributed by atoms with E-state index in [4.69, 9.17) is 4.74 Å². The van der Waals surface area contributed by atoms with Gasteiger partial charge < -0.3 is 14.7 Å². The number of benzene rings is 1. The molecule has 0 bridgehead atoms. The molecule has 0 spiro atoms. The smallest absolute Gasteiger partial charge is 0.131 e. The molecule has 0 aliphatic rings. The number of methoxy groups -OCH3 is 1. The average Bonchev–Trinajstić information content (AvgIpc) is 2.28. The fourth-order valence-corrected chi connectivity index (χ4v) is 2.04. The molecule has 0 aliphatic heterocycles. The molecule has 0 fully saturated rings. The molecule has 0 aliphatic carbocycles. The van der Waals surface area contributed by atoms with Gasteiger partial charge in [0.2, 0.25) is 0 Å². The zero-order valence-corrected chi connectivity index (χ0v) is 11.5. The number of rotatable bonds is 6. The van der Waals surface area contributed by atoms with Gasteiger partial charge in [-0.2, -0.15) is 0 Å². The lowest BCUT2D eigenvalue weighted by atomic mass is 10.1. The van der Waals surface area contributed by atoms with Crippen molar-refractivity contribution >= 4 is 5.69 Å². The van der Waals surface area contributed by atoms with Crippen LogP contribution in [-0.4, -0.2) is 31.4 Å². The van der Waals surface area contributed by atoms with Crippen LogP contribution in [0, 0.1) is 5.82 Å². The van der Waals surface area contributed by atoms with Gasteiger partial charge in [0.25, 0.3) is 0 Å². The molecule has 3 nitrogen and oxygen atoms in total. The second kappa shape index (κ2) is 6.71. The standard InChI is InChI=1S/C14H22FNO2/c1-10(2)16(8-9-18-4)13-7-5-6-12(15)14(13)11(3)17/h5-7,10-11,17H,8-9H2,1-4H3/t11-/m0/s1. The van der Waals surface area contributed by atoms with Gasteiger partial charge in [-0.3, -0.25) is 0 Å². The maximum Gasteiger partial charge on any atom is 0.131 e. The topological polar surface area (TPSA) is 32.7 Å². The molecule has 1 rings (SSSR count). The summed E-state index contributed by atoms with van der Waals surface area (Å²) in [5.74, 6) is -0.370. The largest absolute Gasteiger partial charge is 0.389 e. The molecular weight excluding hydrogens is 233 g/mol. The highest BCUT2D eigenvalue weighted by Crippen LogP contribution is 2.30. The number of ether oxygens (including phenoxy) is 1. The summed E-state index contributed by atoms with van der Waals surface area (Å²) in [7, 11) is 1.64. The summed E-state index contributed by atoms with van der Waals surface area (Å²) >= 11 is 0. The van der Waals surface area contributed by atoms with E-state index >= 15 is 0 Å². The normalized spacial score (nSPS) is 12.8. The summed E-state index contributed by atoms with van der Waals surface area (Å²) in [6.07, 6.45) is -0.829. The van der Waals surface area contributed by atoms with Gasteiger partial charge in [0.15, 0.2) is 0 Å². The Kier molecular flexibility index (Phi) is 5.56. The Morgan fingerprint density at radius 2 is 2.00 bits per heavy atom. The van der Waals surface area contributed by atoms with E-state index in [0.29, 0.717) is 18.7 Å². The van der Waals surface area contributed by atoms with Crippen LogP contribution in [0.25, 0.3) is 0 Å². The van der Waals surface area contributed by atoms with Gasteiger partial charge in [-0.25, -0.2) is 4.39 Å². The molecule has 18 heavy (non-hydrogen) atoms. The molecule has 4 heteroatoms. The van der Waals surface area contributed by atoms with Gasteiger partial charge >= 0.3 is 0 Å². The van der Waals surface area contributed by atoms with Crippen LogP contribution in [0.15, 0.2) is 18.2 Å². The molecule has 1 aromatic rings. The maximum atomic E-state index is 13.8. The molecule has 1 atom stereocenters. The first-order valence-electron chi connectivity index (χ1n) is 6.21. The summed E-state index contributed by atoms with van der Waals surface area (Å²) < 4.78 is 18.9. The van der Waals surface area contributed by atoms with Crippen molar-refractivity contribution in [3.8, 4) is 0 Å². The average molecular weight is 255 g/mol. The third-order valence-electron chi connectivity index (χ3n) is 2.92. The first kappa shape index (κ1) is 14.9. The van der Waals surface area contributed by atoms with Crippen molar-refractivity contribution in [1.29, 1.82) is 0 Å². The van der Waals surface area contributed by atoms with Gasteiger partial charge in [-0.05, 0) is 32.9 Å². The second-order valence-corrected chi connectivity index (χ2v) is 4.63. The first-order chi connectivity index (χ1) is 8.49. The molecule has 0 heterocycles. The molecule has 102 valence electrons. The lowest BCUT2D eigenvalue weighted by molar-refractivity contribution is 0.192. The third-order valence-corrected chi connectivity index (χ3v) is 2.92. The van der Waals surface area contributed by atoms with Gasteiger partial charge in [0.1, 0.15) is 5.82 Å². The Morgan fingerprint density at radius 3 is 2.50 bits per heavy atom. The van der Waals surface area contributed by atoms with E-state index in [2.05, 4.69) is 0 Å². The van der Waals surface area contributed by atoms with Crippen molar-refractivity contribution in [2.24, 2.45) is 0 Å². The van der Waals surface area contributed by atoms with Crippen LogP contribution >= 0.6 is 0 Å². The number of hydrogen-bond donors (Lipinski definition) is 1. The monoisotopic (exact) mass is 255 g/mol. The minimum absolute atomic E-state index is 0.208. The van der Waals surface area contributed by atoms with Gasteiger partial charge in [0.05, 0.1) is 12.7 Å². The van der Waals surface area contributed by atoms with E-state index in [-0.39, 0.29) is 11.9 Å². The van der Waals surface area contributed by atoms with Crippen molar-refractivity contribution in [3.63, 3.8) is 0 Å². The molecule has 1 N–H and O–H groups in total. The SMILES string of the molecule is COCCN(c1cccc(F)c1[C@H](C)O)C(C)C. The third kappa shape index (κ3) is 3.43. The molecular formula is C14H22FNO2. The summed E-state index contributed by atoms with van der Waals surface area (Å²) in [5.41, 5.74) is 1.08. The van der Waals surface area contributed by atoms with Crippen molar-refractivity contribution in [2.75, 3.05) is 25.2 Å². The second-order valence-electron chi connectivity index (χ2n) is 4.63. The van der Waals surface area contributed by atoms with Crippen LogP contribution < -0.4 is 4.90 Å². The number of aliphatic hydroxyl groups is 1. The Morgan fingerprint density at radius 1 is 1.33 bits per heavy atom. The Labute approximate surface area is 108 Å². The van der Waals surface area contributed by atoms with E-state index in [0.717, 1.165) is 5.69 Å². The van der Waals surface area contributed by atoms with Crippen LogP contribution in [0.5, 0.6) is 0 Å². The van der Waals surface area contributed by atoms with Crippen LogP contribution in [-0.2, 0) is 4.74 Å². The van der Waals surface area contributed by atoms with Crippen molar-refractivity contribution in [2.45, 2.75) is 32.9 Å². The Balaban J connectivity index is 3.14. The minimum Gasteiger partial charge on any atom is -0.389 e. The lowest BCUT2D eigenvalue weighted by Gasteiger charge is -2.31. The molecule has 0 amide bonds. The highest BCUT2D eigenvalue weighted by molar-refractivity contribution is 5.55. The van der Waals surface area contributed by atoms with E-state index in [1.54, 1.807) is 20.1 Å². The van der Waals surface area contributed by atoms with Crippen molar-refractivity contribution in [1.82, 2.24) is 0 Å². The molecule has 0 radical (unpaired) electrons. The van der Waals surface area contributed by atoms with Crippen LogP contribution in [0.1, 0.15) is 32.4 Å². The maximum absolute atomic E-state index is 13.8. The van der Waals surface area contributed by atoms with Crippen molar-refractivity contribution in [3.05, 3.63) is 29.6 Å². The van der Waals surface area contributed by atoms with E-state index < -0.39 is 6.10 Å². The van der Waals surface area contributed by atoms with Gasteiger partial charge in [-0.1, -0.05) is 6.07 Å². The quantitative estimate of drug-likeness (QED) is 0.848. The number of halogens is 1. The molecule has 0 saturated heterocycles. The van der Waals surface area contributed by atoms with Crippen LogP contribution in [0.2, 0.25) is 0 Å². The highest BCUT2D eigenvalue weighted by atomic mass is 19.1. The fourth-order valence-electron chi connectivity index (χ4n) is 2.04. The zero-order chi connectivity index (χ0) is 13.7. The summed E-state index contributed by atoms with van der Waals surface area (Å²) in [6, 6.07) is 5.08. The predicted octanol–water partition coefficient (Wildman–Crippen LogP) is 2.74. The number of nitrogens with zero attached hydrogens (tertiary/aromatic N) is 1. The summed E-state index contributed by atoms with van der Waals surface area (Å²) in [4.78, 5) is 2.04. The van der Waals surface area contributed by atoms with E-state index in [1.807, 2.05) is 24.8 Å². The zero-order valence-electron chi connectivity index (χ0n) is 11.5. The molecule has 1 aromatic carbocycles. The number of aliphatic hydroxyl groups excluding tert-OH is 1. The number of hydrogen-bond acceptors (Lipinski definition) is 3. The lowest BCUT2D eigenvalue weighted by Crippen LogP contribution is -2.35. The van der Waals surface area contributed by atoms with Crippen LogP contribution in [0.4, 0.5) is 10.1 Å². The predicted molar refractivity (Wildman–Crippen MR) is 71.4 cm³/mol. The molecule has 0 saturated carbocycles. The molecule has 0 aromatic heterocycles. The molecule has 0 unspecified atom stereocenters. The van der Waals surface area contributed by atoms with E-state index in [9.17, 15) is 9.50 Å². The highest BCUT2D eigenvalue weighted by Gasteiger charge is 2.19. The van der Waals surface area contributed by atoms with Crippen molar-refractivity contribution < 1.29 is 14.2 Å². The Hall–Kier alpha value is -1.13. The summed E-state index contributed by atoms with van der Waals surface area (Å²) in [6.45, 7) is 6.88.